The molecule has 2 aliphatic heterocycles. The van der Waals surface area contributed by atoms with Gasteiger partial charge in [-0.05, 0) is 36.8 Å². The highest BCUT2D eigenvalue weighted by molar-refractivity contribution is 5.89. The van der Waals surface area contributed by atoms with E-state index in [-0.39, 0.29) is 18.0 Å². The molecule has 2 bridgehead atoms. The Morgan fingerprint density at radius 1 is 1.12 bits per heavy atom. The molecule has 1 aromatic rings. The van der Waals surface area contributed by atoms with Crippen LogP contribution in [0.4, 0.5) is 0 Å². The van der Waals surface area contributed by atoms with Gasteiger partial charge in [0, 0.05) is 25.7 Å². The van der Waals surface area contributed by atoms with Crippen molar-refractivity contribution in [2.45, 2.75) is 76.5 Å². The fraction of sp³-hybridized carbons (Fsp3) is 0.609. The summed E-state index contributed by atoms with van der Waals surface area (Å²) in [6.45, 7) is 3.55. The molecule has 0 amide bonds. The van der Waals surface area contributed by atoms with Crippen LogP contribution in [-0.2, 0) is 9.53 Å². The summed E-state index contributed by atoms with van der Waals surface area (Å²) in [4.78, 5) is 14.8. The maximum absolute atomic E-state index is 13.0. The molecular formula is C23H32NO2+. The molecule has 2 fully saturated rings. The molecule has 140 valence electrons. The third kappa shape index (κ3) is 3.59. The normalized spacial score (nSPS) is 33.6. The Balaban J connectivity index is 1.42. The third-order valence-electron chi connectivity index (χ3n) is 6.66. The van der Waals surface area contributed by atoms with Crippen LogP contribution in [0.25, 0.3) is 5.57 Å². The third-order valence-corrected chi connectivity index (χ3v) is 6.66. The van der Waals surface area contributed by atoms with Crippen LogP contribution in [0, 0.1) is 5.92 Å². The number of rotatable bonds is 5. The van der Waals surface area contributed by atoms with E-state index in [1.54, 1.807) is 4.90 Å². The van der Waals surface area contributed by atoms with Crippen LogP contribution in [0.1, 0.15) is 63.9 Å². The zero-order valence-electron chi connectivity index (χ0n) is 16.0. The van der Waals surface area contributed by atoms with Crippen molar-refractivity contribution >= 4 is 11.5 Å². The van der Waals surface area contributed by atoms with Crippen molar-refractivity contribution in [3.05, 3.63) is 42.0 Å². The first-order chi connectivity index (χ1) is 12.8. The van der Waals surface area contributed by atoms with E-state index in [0.717, 1.165) is 32.1 Å². The van der Waals surface area contributed by atoms with Gasteiger partial charge in [0.2, 0.25) is 0 Å². The van der Waals surface area contributed by atoms with Gasteiger partial charge in [0.15, 0.2) is 0 Å². The lowest BCUT2D eigenvalue weighted by Gasteiger charge is -2.36. The molecule has 3 heteroatoms. The Kier molecular flexibility index (Phi) is 5.44. The zero-order valence-corrected chi connectivity index (χ0v) is 16.0. The van der Waals surface area contributed by atoms with E-state index < -0.39 is 0 Å². The molecule has 3 unspecified atom stereocenters. The maximum Gasteiger partial charge on any atom is 0.313 e. The average Bonchev–Trinajstić information content (AvgIpc) is 2.91. The van der Waals surface area contributed by atoms with Gasteiger partial charge in [-0.25, -0.2) is 0 Å². The second kappa shape index (κ2) is 7.96. The summed E-state index contributed by atoms with van der Waals surface area (Å²) >= 11 is 0. The van der Waals surface area contributed by atoms with Crippen LogP contribution in [0.5, 0.6) is 0 Å². The van der Waals surface area contributed by atoms with E-state index in [4.69, 9.17) is 4.74 Å². The second-order valence-corrected chi connectivity index (χ2v) is 8.34. The van der Waals surface area contributed by atoms with Gasteiger partial charge in [-0.1, -0.05) is 43.3 Å². The van der Waals surface area contributed by atoms with Gasteiger partial charge in [-0.3, -0.25) is 4.79 Å². The average molecular weight is 355 g/mol. The first-order valence-corrected chi connectivity index (χ1v) is 10.6. The minimum Gasteiger partial charge on any atom is -0.461 e. The van der Waals surface area contributed by atoms with E-state index in [2.05, 4.69) is 37.3 Å². The van der Waals surface area contributed by atoms with Crippen molar-refractivity contribution < 1.29 is 14.4 Å². The number of carbonyl (C=O) groups is 1. The molecule has 5 atom stereocenters. The van der Waals surface area contributed by atoms with Gasteiger partial charge in [0.25, 0.3) is 0 Å². The molecule has 2 heterocycles. The van der Waals surface area contributed by atoms with Crippen LogP contribution >= 0.6 is 0 Å². The summed E-state index contributed by atoms with van der Waals surface area (Å²) < 4.78 is 6.10. The summed E-state index contributed by atoms with van der Waals surface area (Å²) in [5.41, 5.74) is 2.36. The summed E-state index contributed by atoms with van der Waals surface area (Å²) in [5, 5.41) is 0. The summed E-state index contributed by atoms with van der Waals surface area (Å²) in [7, 11) is 0. The molecule has 3 aliphatic rings. The van der Waals surface area contributed by atoms with Crippen LogP contribution in [0.3, 0.4) is 0 Å². The van der Waals surface area contributed by atoms with E-state index >= 15 is 0 Å². The minimum atomic E-state index is -0.0789. The zero-order chi connectivity index (χ0) is 17.9. The van der Waals surface area contributed by atoms with Gasteiger partial charge in [-0.15, -0.1) is 0 Å². The van der Waals surface area contributed by atoms with Crippen molar-refractivity contribution in [1.82, 2.24) is 0 Å². The van der Waals surface area contributed by atoms with Crippen molar-refractivity contribution in [2.75, 3.05) is 6.54 Å². The first kappa shape index (κ1) is 17.8. The Bertz CT molecular complexity index is 639. The Morgan fingerprint density at radius 3 is 2.54 bits per heavy atom. The van der Waals surface area contributed by atoms with Crippen molar-refractivity contribution in [3.8, 4) is 0 Å². The number of fused-ring (bicyclic) bond motifs is 2. The number of nitrogens with one attached hydrogen (secondary N) is 1. The predicted molar refractivity (Wildman–Crippen MR) is 104 cm³/mol. The van der Waals surface area contributed by atoms with Crippen molar-refractivity contribution in [3.63, 3.8) is 0 Å². The van der Waals surface area contributed by atoms with E-state index in [1.165, 1.54) is 36.9 Å². The first-order valence-electron chi connectivity index (χ1n) is 10.6. The van der Waals surface area contributed by atoms with E-state index in [0.29, 0.717) is 12.1 Å². The number of carbonyl (C=O) groups excluding carboxylic acids is 1. The van der Waals surface area contributed by atoms with Gasteiger partial charge >= 0.3 is 5.97 Å². The number of allylic oxidation sites excluding steroid dienone is 1. The van der Waals surface area contributed by atoms with Crippen LogP contribution in [0.2, 0.25) is 0 Å². The molecule has 0 radical (unpaired) electrons. The van der Waals surface area contributed by atoms with Gasteiger partial charge < -0.3 is 9.64 Å². The molecule has 1 aliphatic carbocycles. The topological polar surface area (TPSA) is 30.7 Å². The van der Waals surface area contributed by atoms with Crippen LogP contribution in [-0.4, -0.2) is 30.7 Å². The molecule has 0 aromatic heterocycles. The number of piperidine rings is 1. The largest absolute Gasteiger partial charge is 0.461 e. The minimum absolute atomic E-state index is 0.0168. The van der Waals surface area contributed by atoms with E-state index in [9.17, 15) is 4.79 Å². The molecule has 0 saturated carbocycles. The molecule has 2 saturated heterocycles. The maximum atomic E-state index is 13.0. The Hall–Kier alpha value is -1.61. The van der Waals surface area contributed by atoms with Gasteiger partial charge in [0.1, 0.15) is 6.10 Å². The second-order valence-electron chi connectivity index (χ2n) is 8.34. The molecule has 1 N–H and O–H groups in total. The summed E-state index contributed by atoms with van der Waals surface area (Å²) in [6, 6.07) is 11.8. The molecule has 26 heavy (non-hydrogen) atoms. The summed E-state index contributed by atoms with van der Waals surface area (Å²) in [6.07, 6.45) is 11.5. The Labute approximate surface area is 157 Å². The Morgan fingerprint density at radius 2 is 1.85 bits per heavy atom. The quantitative estimate of drug-likeness (QED) is 0.822. The fourth-order valence-electron chi connectivity index (χ4n) is 5.49. The monoisotopic (exact) mass is 354 g/mol. The SMILES string of the molecule is CCC[NH+]1[C@@H]2CC[C@H]1CC(OC(=O)C1CCCC=C1c1ccccc1)C2. The molecule has 0 spiro atoms. The number of benzene rings is 1. The number of ether oxygens (including phenoxy) is 1. The highest BCUT2D eigenvalue weighted by Gasteiger charge is 2.45. The summed E-state index contributed by atoms with van der Waals surface area (Å²) in [5.74, 6) is -0.0621. The number of esters is 1. The molecule has 3 nitrogen and oxygen atoms in total. The molecule has 4 rings (SSSR count). The molecular weight excluding hydrogens is 322 g/mol. The lowest BCUT2D eigenvalue weighted by molar-refractivity contribution is -0.942. The standard InChI is InChI=1S/C23H31NO2/c1-2-14-24-18-12-13-19(24)16-20(15-18)26-23(25)22-11-7-6-10-21(22)17-8-4-3-5-9-17/h3-5,8-10,18-20,22H,2,6-7,11-16H2,1H3/p+1/t18-,19+,20?,22?. The van der Waals surface area contributed by atoms with E-state index in [1.807, 2.05) is 6.07 Å². The predicted octanol–water partition coefficient (Wildman–Crippen LogP) is 3.40. The van der Waals surface area contributed by atoms with Crippen molar-refractivity contribution in [1.29, 1.82) is 0 Å². The van der Waals surface area contributed by atoms with Gasteiger partial charge in [-0.2, -0.15) is 0 Å². The number of hydrogen-bond acceptors (Lipinski definition) is 2. The van der Waals surface area contributed by atoms with Crippen molar-refractivity contribution in [2.24, 2.45) is 5.92 Å². The lowest BCUT2D eigenvalue weighted by Crippen LogP contribution is -3.18. The highest BCUT2D eigenvalue weighted by Crippen LogP contribution is 2.34. The smallest absolute Gasteiger partial charge is 0.313 e. The van der Waals surface area contributed by atoms with Gasteiger partial charge in [0.05, 0.1) is 24.5 Å². The number of hydrogen-bond donors (Lipinski definition) is 1. The fourth-order valence-corrected chi connectivity index (χ4v) is 5.49. The lowest BCUT2D eigenvalue weighted by atomic mass is 9.83. The number of quaternary nitrogens is 1. The molecule has 1 aromatic carbocycles. The van der Waals surface area contributed by atoms with Crippen LogP contribution < -0.4 is 4.90 Å². The highest BCUT2D eigenvalue weighted by atomic mass is 16.5. The van der Waals surface area contributed by atoms with Crippen LogP contribution in [0.15, 0.2) is 36.4 Å².